The van der Waals surface area contributed by atoms with Gasteiger partial charge in [0.2, 0.25) is 11.9 Å². The molecular weight excluding hydrogens is 300 g/mol. The molecule has 2 aromatic rings. The van der Waals surface area contributed by atoms with E-state index >= 15 is 0 Å². The molecule has 24 heavy (non-hydrogen) atoms. The van der Waals surface area contributed by atoms with Crippen LogP contribution in [0.2, 0.25) is 0 Å². The number of nitrogens with two attached hydrogens (primary N) is 1. The maximum atomic E-state index is 5.57. The molecule has 2 aromatic heterocycles. The zero-order valence-electron chi connectivity index (χ0n) is 15.2. The molecule has 2 heterocycles. The summed E-state index contributed by atoms with van der Waals surface area (Å²) in [5, 5.41) is 0. The highest BCUT2D eigenvalue weighted by Crippen LogP contribution is 2.21. The first-order valence-corrected chi connectivity index (χ1v) is 8.62. The smallest absolute Gasteiger partial charge is 0.232 e. The van der Waals surface area contributed by atoms with E-state index in [2.05, 4.69) is 19.9 Å². The fourth-order valence-electron chi connectivity index (χ4n) is 2.71. The highest BCUT2D eigenvalue weighted by Gasteiger charge is 2.16. The molecule has 0 bridgehead atoms. The summed E-state index contributed by atoms with van der Waals surface area (Å²) in [6, 6.07) is 3.95. The van der Waals surface area contributed by atoms with Gasteiger partial charge in [0.05, 0.1) is 0 Å². The van der Waals surface area contributed by atoms with Crippen molar-refractivity contribution in [3.05, 3.63) is 34.9 Å². The van der Waals surface area contributed by atoms with Gasteiger partial charge in [-0.25, -0.2) is 19.9 Å². The quantitative estimate of drug-likeness (QED) is 0.750. The van der Waals surface area contributed by atoms with Gasteiger partial charge in [0.1, 0.15) is 0 Å². The monoisotopic (exact) mass is 328 g/mol. The van der Waals surface area contributed by atoms with Gasteiger partial charge in [0.15, 0.2) is 0 Å². The van der Waals surface area contributed by atoms with Crippen molar-refractivity contribution >= 4 is 11.9 Å². The number of anilines is 2. The van der Waals surface area contributed by atoms with E-state index in [0.717, 1.165) is 61.5 Å². The Kier molecular flexibility index (Phi) is 6.61. The number of hydrogen-bond acceptors (Lipinski definition) is 6. The van der Waals surface area contributed by atoms with Crippen LogP contribution in [0.15, 0.2) is 12.1 Å². The van der Waals surface area contributed by atoms with Crippen LogP contribution in [0.5, 0.6) is 0 Å². The van der Waals surface area contributed by atoms with E-state index in [4.69, 9.17) is 5.73 Å². The van der Waals surface area contributed by atoms with Crippen LogP contribution in [0.4, 0.5) is 11.9 Å². The lowest BCUT2D eigenvalue weighted by atomic mass is 10.2. The maximum absolute atomic E-state index is 5.57. The second-order valence-electron chi connectivity index (χ2n) is 6.26. The average Bonchev–Trinajstić information content (AvgIpc) is 2.48. The van der Waals surface area contributed by atoms with Crippen LogP contribution < -0.4 is 10.6 Å². The fraction of sp³-hybridized carbons (Fsp3) is 0.556. The van der Waals surface area contributed by atoms with Crippen LogP contribution in [0.1, 0.15) is 48.5 Å². The molecule has 0 saturated heterocycles. The Labute approximate surface area is 144 Å². The van der Waals surface area contributed by atoms with Gasteiger partial charge in [-0.3, -0.25) is 4.90 Å². The van der Waals surface area contributed by atoms with Crippen molar-refractivity contribution in [3.63, 3.8) is 0 Å². The highest BCUT2D eigenvalue weighted by atomic mass is 15.3. The Morgan fingerprint density at radius 1 is 0.708 bits per heavy atom. The average molecular weight is 328 g/mol. The summed E-state index contributed by atoms with van der Waals surface area (Å²) in [7, 11) is 0. The zero-order chi connectivity index (χ0) is 17.5. The minimum atomic E-state index is 0.677. The van der Waals surface area contributed by atoms with Gasteiger partial charge in [-0.1, -0.05) is 12.8 Å². The molecule has 6 heteroatoms. The zero-order valence-corrected chi connectivity index (χ0v) is 15.2. The number of aryl methyl sites for hydroxylation is 4. The topological polar surface area (TPSA) is 80.8 Å². The molecule has 0 fully saturated rings. The second-order valence-corrected chi connectivity index (χ2v) is 6.26. The molecule has 0 aliphatic carbocycles. The molecular formula is C18H28N6. The molecule has 0 atom stereocenters. The van der Waals surface area contributed by atoms with E-state index in [0.29, 0.717) is 11.9 Å². The molecule has 0 radical (unpaired) electrons. The molecule has 2 rings (SSSR count). The Balaban J connectivity index is 2.26. The first-order valence-electron chi connectivity index (χ1n) is 8.62. The Hall–Kier alpha value is -2.08. The summed E-state index contributed by atoms with van der Waals surface area (Å²) in [5.41, 5.74) is 9.38. The third kappa shape index (κ3) is 5.23. The number of hydrogen-bond donors (Lipinski definition) is 1. The Morgan fingerprint density at radius 2 is 1.12 bits per heavy atom. The Bertz CT molecular complexity index is 579. The molecule has 2 N–H and O–H groups in total. The number of aromatic nitrogens is 4. The first kappa shape index (κ1) is 18.3. The first-order chi connectivity index (χ1) is 11.5. The molecule has 0 aliphatic heterocycles. The van der Waals surface area contributed by atoms with Crippen molar-refractivity contribution in [3.8, 4) is 0 Å². The van der Waals surface area contributed by atoms with Crippen molar-refractivity contribution in [1.29, 1.82) is 0 Å². The lowest BCUT2D eigenvalue weighted by Crippen LogP contribution is -2.24. The molecule has 130 valence electrons. The minimum absolute atomic E-state index is 0.677. The molecule has 0 saturated carbocycles. The fourth-order valence-corrected chi connectivity index (χ4v) is 2.71. The predicted molar refractivity (Wildman–Crippen MR) is 97.5 cm³/mol. The van der Waals surface area contributed by atoms with Crippen molar-refractivity contribution in [1.82, 2.24) is 19.9 Å². The highest BCUT2D eigenvalue weighted by molar-refractivity contribution is 5.48. The Morgan fingerprint density at radius 3 is 1.54 bits per heavy atom. The third-order valence-corrected chi connectivity index (χ3v) is 3.76. The lowest BCUT2D eigenvalue weighted by molar-refractivity contribution is 0.641. The van der Waals surface area contributed by atoms with Gasteiger partial charge >= 0.3 is 0 Å². The molecule has 0 amide bonds. The molecule has 0 spiro atoms. The summed E-state index contributed by atoms with van der Waals surface area (Å²) in [5.74, 6) is 1.35. The maximum Gasteiger partial charge on any atom is 0.232 e. The van der Waals surface area contributed by atoms with Crippen molar-refractivity contribution in [2.24, 2.45) is 5.73 Å². The van der Waals surface area contributed by atoms with E-state index in [9.17, 15) is 0 Å². The molecule has 0 aliphatic rings. The summed E-state index contributed by atoms with van der Waals surface area (Å²) < 4.78 is 0. The number of unbranched alkanes of at least 4 members (excludes halogenated alkanes) is 3. The van der Waals surface area contributed by atoms with Crippen LogP contribution in [0, 0.1) is 27.7 Å². The summed E-state index contributed by atoms with van der Waals surface area (Å²) >= 11 is 0. The van der Waals surface area contributed by atoms with Crippen LogP contribution in [0.3, 0.4) is 0 Å². The van der Waals surface area contributed by atoms with Crippen molar-refractivity contribution in [2.75, 3.05) is 18.0 Å². The van der Waals surface area contributed by atoms with Gasteiger partial charge in [0, 0.05) is 29.3 Å². The molecule has 0 unspecified atom stereocenters. The summed E-state index contributed by atoms with van der Waals surface area (Å²) in [4.78, 5) is 20.4. The number of rotatable bonds is 8. The second kappa shape index (κ2) is 8.68. The normalized spacial score (nSPS) is 10.9. The van der Waals surface area contributed by atoms with Crippen molar-refractivity contribution < 1.29 is 0 Å². The van der Waals surface area contributed by atoms with Gasteiger partial charge in [-0.2, -0.15) is 0 Å². The predicted octanol–water partition coefficient (Wildman–Crippen LogP) is 3.16. The summed E-state index contributed by atoms with van der Waals surface area (Å²) in [6.07, 6.45) is 4.38. The summed E-state index contributed by atoms with van der Waals surface area (Å²) in [6.45, 7) is 9.50. The van der Waals surface area contributed by atoms with Gasteiger partial charge in [-0.15, -0.1) is 0 Å². The van der Waals surface area contributed by atoms with Crippen LogP contribution in [-0.4, -0.2) is 33.0 Å². The standard InChI is InChI=1S/C18H28N6/c1-13-11-14(2)21-17(20-13)24(10-8-6-5-7-9-19)18-22-15(3)12-16(4)23-18/h11-12H,5-10,19H2,1-4H3. The van der Waals surface area contributed by atoms with Gasteiger partial charge in [-0.05, 0) is 59.2 Å². The van der Waals surface area contributed by atoms with E-state index in [1.807, 2.05) is 44.7 Å². The molecule has 0 aromatic carbocycles. The van der Waals surface area contributed by atoms with Crippen LogP contribution in [0.25, 0.3) is 0 Å². The number of nitrogens with zero attached hydrogens (tertiary/aromatic N) is 5. The SMILES string of the molecule is Cc1cc(C)nc(N(CCCCCCN)c2nc(C)cc(C)n2)n1. The van der Waals surface area contributed by atoms with E-state index in [1.165, 1.54) is 0 Å². The van der Waals surface area contributed by atoms with E-state index in [1.54, 1.807) is 0 Å². The van der Waals surface area contributed by atoms with Crippen LogP contribution in [-0.2, 0) is 0 Å². The van der Waals surface area contributed by atoms with Gasteiger partial charge < -0.3 is 5.73 Å². The van der Waals surface area contributed by atoms with Crippen LogP contribution >= 0.6 is 0 Å². The van der Waals surface area contributed by atoms with E-state index in [-0.39, 0.29) is 0 Å². The van der Waals surface area contributed by atoms with E-state index < -0.39 is 0 Å². The minimum Gasteiger partial charge on any atom is -0.330 e. The lowest BCUT2D eigenvalue weighted by Gasteiger charge is -2.22. The molecule has 6 nitrogen and oxygen atoms in total. The third-order valence-electron chi connectivity index (χ3n) is 3.76. The van der Waals surface area contributed by atoms with Crippen molar-refractivity contribution in [2.45, 2.75) is 53.4 Å². The van der Waals surface area contributed by atoms with Gasteiger partial charge in [0.25, 0.3) is 0 Å². The largest absolute Gasteiger partial charge is 0.330 e.